The summed E-state index contributed by atoms with van der Waals surface area (Å²) >= 11 is 1.71. The second-order valence-electron chi connectivity index (χ2n) is 6.81. The van der Waals surface area contributed by atoms with Gasteiger partial charge in [0.2, 0.25) is 12.7 Å². The molecule has 2 aromatic heterocycles. The number of hydrogen-bond acceptors (Lipinski definition) is 6. The van der Waals surface area contributed by atoms with Crippen molar-refractivity contribution in [2.45, 2.75) is 24.7 Å². The highest BCUT2D eigenvalue weighted by molar-refractivity contribution is 7.09. The molecule has 0 atom stereocenters. The Bertz CT molecular complexity index is 976. The average molecular weight is 382 g/mol. The summed E-state index contributed by atoms with van der Waals surface area (Å²) < 4.78 is 16.3. The molecule has 1 aliphatic carbocycles. The highest BCUT2D eigenvalue weighted by atomic mass is 32.1. The number of rotatable bonds is 6. The lowest BCUT2D eigenvalue weighted by Crippen LogP contribution is -2.36. The van der Waals surface area contributed by atoms with E-state index in [1.807, 2.05) is 35.7 Å². The zero-order chi connectivity index (χ0) is 18.3. The fourth-order valence-electron chi connectivity index (χ4n) is 3.33. The van der Waals surface area contributed by atoms with Crippen LogP contribution in [0.2, 0.25) is 0 Å². The number of carbonyl (C=O) groups is 1. The highest BCUT2D eigenvalue weighted by Crippen LogP contribution is 2.49. The first kappa shape index (κ1) is 16.4. The summed E-state index contributed by atoms with van der Waals surface area (Å²) in [5.41, 5.74) is 1.00. The lowest BCUT2D eigenvalue weighted by atomic mass is 10.00. The summed E-state index contributed by atoms with van der Waals surface area (Å²) in [6, 6.07) is 11.6. The lowest BCUT2D eigenvalue weighted by Gasteiger charge is -2.11. The van der Waals surface area contributed by atoms with Gasteiger partial charge < -0.3 is 19.3 Å². The molecule has 7 heteroatoms. The maximum atomic E-state index is 12.7. The Morgan fingerprint density at radius 3 is 2.89 bits per heavy atom. The molecule has 1 amide bonds. The monoisotopic (exact) mass is 382 g/mol. The van der Waals surface area contributed by atoms with Gasteiger partial charge in [0.1, 0.15) is 0 Å². The van der Waals surface area contributed by atoms with Gasteiger partial charge in [-0.2, -0.15) is 0 Å². The predicted molar refractivity (Wildman–Crippen MR) is 100 cm³/mol. The van der Waals surface area contributed by atoms with Crippen LogP contribution in [0.4, 0.5) is 0 Å². The molecule has 1 N–H and O–H groups in total. The van der Waals surface area contributed by atoms with Gasteiger partial charge in [-0.3, -0.25) is 4.79 Å². The topological polar surface area (TPSA) is 73.6 Å². The zero-order valence-electron chi connectivity index (χ0n) is 14.6. The van der Waals surface area contributed by atoms with Crippen molar-refractivity contribution in [3.05, 3.63) is 52.3 Å². The molecule has 0 radical (unpaired) electrons. The number of carbonyl (C=O) groups excluding carboxylic acids is 1. The molecule has 0 spiro atoms. The van der Waals surface area contributed by atoms with Gasteiger partial charge in [0.15, 0.2) is 17.3 Å². The first-order chi connectivity index (χ1) is 13.2. The highest BCUT2D eigenvalue weighted by Gasteiger charge is 2.53. The van der Waals surface area contributed by atoms with Crippen molar-refractivity contribution in [3.8, 4) is 22.8 Å². The Balaban J connectivity index is 1.29. The van der Waals surface area contributed by atoms with Crippen LogP contribution < -0.4 is 14.8 Å². The number of hydrogen-bond donors (Lipinski definition) is 1. The summed E-state index contributed by atoms with van der Waals surface area (Å²) in [6.45, 7) is 0.864. The van der Waals surface area contributed by atoms with Crippen LogP contribution in [0.1, 0.15) is 23.4 Å². The summed E-state index contributed by atoms with van der Waals surface area (Å²) in [6.07, 6.45) is 2.44. The molecule has 138 valence electrons. The summed E-state index contributed by atoms with van der Waals surface area (Å²) in [4.78, 5) is 14.0. The van der Waals surface area contributed by atoms with Gasteiger partial charge >= 0.3 is 0 Å². The molecule has 5 rings (SSSR count). The molecule has 1 fully saturated rings. The molecule has 1 aromatic carbocycles. The Morgan fingerprint density at radius 1 is 1.19 bits per heavy atom. The van der Waals surface area contributed by atoms with Gasteiger partial charge in [-0.25, -0.2) is 0 Å². The van der Waals surface area contributed by atoms with Crippen LogP contribution in [-0.2, 0) is 16.6 Å². The fraction of sp³-hybridized carbons (Fsp3) is 0.300. The average Bonchev–Trinajstić information content (AvgIpc) is 3.11. The number of nitrogens with one attached hydrogen (secondary N) is 1. The second-order valence-corrected chi connectivity index (χ2v) is 7.84. The molecule has 1 aliphatic heterocycles. The normalized spacial score (nSPS) is 16.3. The molecule has 6 nitrogen and oxygen atoms in total. The van der Waals surface area contributed by atoms with E-state index < -0.39 is 5.41 Å². The third kappa shape index (κ3) is 2.98. The van der Waals surface area contributed by atoms with E-state index in [9.17, 15) is 4.79 Å². The number of thiophene rings is 1. The number of amides is 1. The van der Waals surface area contributed by atoms with Crippen molar-refractivity contribution < 1.29 is 18.8 Å². The van der Waals surface area contributed by atoms with E-state index in [1.54, 1.807) is 11.3 Å². The third-order valence-electron chi connectivity index (χ3n) is 5.08. The van der Waals surface area contributed by atoms with Gasteiger partial charge in [-0.05, 0) is 48.9 Å². The van der Waals surface area contributed by atoms with Crippen LogP contribution in [0.5, 0.6) is 11.5 Å². The Morgan fingerprint density at radius 2 is 2.07 bits per heavy atom. The standard InChI is InChI=1S/C20H18N2O4S/c23-19(21-8-5-14-2-1-9-27-14)20(6-7-20)18-11-16(26-22-18)13-3-4-15-17(10-13)25-12-24-15/h1-4,9-11H,5-8,12H2,(H,21,23). The number of fused-ring (bicyclic) bond motifs is 1. The first-order valence-electron chi connectivity index (χ1n) is 8.92. The molecule has 3 aromatic rings. The van der Waals surface area contributed by atoms with E-state index in [0.29, 0.717) is 23.7 Å². The fourth-order valence-corrected chi connectivity index (χ4v) is 4.04. The van der Waals surface area contributed by atoms with E-state index >= 15 is 0 Å². The minimum Gasteiger partial charge on any atom is -0.454 e. The zero-order valence-corrected chi connectivity index (χ0v) is 15.4. The SMILES string of the molecule is O=C(NCCc1cccs1)C1(c2cc(-c3ccc4c(c3)OCO4)on2)CC1. The van der Waals surface area contributed by atoms with Gasteiger partial charge in [-0.15, -0.1) is 11.3 Å². The molecule has 0 unspecified atom stereocenters. The summed E-state index contributed by atoms with van der Waals surface area (Å²) in [7, 11) is 0. The van der Waals surface area contributed by atoms with Crippen LogP contribution in [0.3, 0.4) is 0 Å². The Kier molecular flexibility index (Phi) is 3.89. The van der Waals surface area contributed by atoms with Gasteiger partial charge in [0.25, 0.3) is 0 Å². The molecule has 0 bridgehead atoms. The molecule has 0 saturated heterocycles. The van der Waals surface area contributed by atoms with Crippen molar-refractivity contribution in [2.24, 2.45) is 0 Å². The third-order valence-corrected chi connectivity index (χ3v) is 6.02. The maximum Gasteiger partial charge on any atom is 0.232 e. The first-order valence-corrected chi connectivity index (χ1v) is 9.80. The smallest absolute Gasteiger partial charge is 0.232 e. The van der Waals surface area contributed by atoms with E-state index in [1.165, 1.54) is 4.88 Å². The molecule has 3 heterocycles. The number of ether oxygens (including phenoxy) is 2. The van der Waals surface area contributed by atoms with Crippen LogP contribution in [0, 0.1) is 0 Å². The lowest BCUT2D eigenvalue weighted by molar-refractivity contribution is -0.123. The Hall–Kier alpha value is -2.80. The number of nitrogens with zero attached hydrogens (tertiary/aromatic N) is 1. The van der Waals surface area contributed by atoms with E-state index in [-0.39, 0.29) is 12.7 Å². The quantitative estimate of drug-likeness (QED) is 0.706. The second kappa shape index (κ2) is 6.42. The van der Waals surface area contributed by atoms with Crippen LogP contribution in [0.25, 0.3) is 11.3 Å². The predicted octanol–water partition coefficient (Wildman–Crippen LogP) is 3.52. The van der Waals surface area contributed by atoms with Crippen LogP contribution in [-0.4, -0.2) is 24.4 Å². The largest absolute Gasteiger partial charge is 0.454 e. The number of benzene rings is 1. The van der Waals surface area contributed by atoms with E-state index in [2.05, 4.69) is 16.5 Å². The molecule has 27 heavy (non-hydrogen) atoms. The van der Waals surface area contributed by atoms with Crippen LogP contribution >= 0.6 is 11.3 Å². The van der Waals surface area contributed by atoms with Crippen molar-refractivity contribution in [2.75, 3.05) is 13.3 Å². The summed E-state index contributed by atoms with van der Waals surface area (Å²) in [5.74, 6) is 2.07. The van der Waals surface area contributed by atoms with Crippen molar-refractivity contribution >= 4 is 17.2 Å². The summed E-state index contributed by atoms with van der Waals surface area (Å²) in [5, 5.41) is 9.30. The van der Waals surface area contributed by atoms with Gasteiger partial charge in [-0.1, -0.05) is 11.2 Å². The van der Waals surface area contributed by atoms with E-state index in [0.717, 1.165) is 30.6 Å². The van der Waals surface area contributed by atoms with Gasteiger partial charge in [0, 0.05) is 23.1 Å². The van der Waals surface area contributed by atoms with Crippen molar-refractivity contribution in [1.29, 1.82) is 0 Å². The van der Waals surface area contributed by atoms with Crippen LogP contribution in [0.15, 0.2) is 46.3 Å². The minimum atomic E-state index is -0.548. The number of aromatic nitrogens is 1. The molecular weight excluding hydrogens is 364 g/mol. The van der Waals surface area contributed by atoms with Crippen molar-refractivity contribution in [1.82, 2.24) is 10.5 Å². The molecule has 1 saturated carbocycles. The minimum absolute atomic E-state index is 0.0320. The van der Waals surface area contributed by atoms with Crippen molar-refractivity contribution in [3.63, 3.8) is 0 Å². The molecule has 2 aliphatic rings. The molecular formula is C20H18N2O4S. The maximum absolute atomic E-state index is 12.7. The Labute approximate surface area is 160 Å². The van der Waals surface area contributed by atoms with E-state index in [4.69, 9.17) is 14.0 Å². The van der Waals surface area contributed by atoms with Gasteiger partial charge in [0.05, 0.1) is 11.1 Å².